The van der Waals surface area contributed by atoms with Gasteiger partial charge in [0.1, 0.15) is 5.54 Å². The summed E-state index contributed by atoms with van der Waals surface area (Å²) in [6.45, 7) is 0. The highest BCUT2D eigenvalue weighted by Gasteiger charge is 2.57. The Hall–Kier alpha value is -1.59. The Morgan fingerprint density at radius 1 is 1.50 bits per heavy atom. The molecule has 14 heavy (non-hydrogen) atoms. The van der Waals surface area contributed by atoms with Gasteiger partial charge in [-0.05, 0) is 19.3 Å². The second-order valence-electron chi connectivity index (χ2n) is 3.66. The van der Waals surface area contributed by atoms with Crippen LogP contribution >= 0.6 is 0 Å². The molecule has 0 aromatic heterocycles. The minimum Gasteiger partial charge on any atom is -0.481 e. The van der Waals surface area contributed by atoms with Crippen LogP contribution in [0.5, 0.6) is 0 Å². The van der Waals surface area contributed by atoms with Crippen LogP contribution in [-0.4, -0.2) is 28.6 Å². The number of urea groups is 1. The van der Waals surface area contributed by atoms with E-state index in [0.717, 1.165) is 0 Å². The number of carbonyl (C=O) groups is 3. The van der Waals surface area contributed by atoms with Gasteiger partial charge in [0.05, 0.1) is 5.92 Å². The number of imide groups is 1. The van der Waals surface area contributed by atoms with Gasteiger partial charge in [-0.25, -0.2) is 4.79 Å². The Balaban J connectivity index is 2.34. The molecule has 6 heteroatoms. The number of amides is 3. The van der Waals surface area contributed by atoms with Gasteiger partial charge in [-0.15, -0.1) is 0 Å². The summed E-state index contributed by atoms with van der Waals surface area (Å²) in [5.74, 6) is -2.33. The third-order valence-corrected chi connectivity index (χ3v) is 2.93. The van der Waals surface area contributed by atoms with Crippen LogP contribution in [0.1, 0.15) is 19.3 Å². The van der Waals surface area contributed by atoms with Gasteiger partial charge in [0.2, 0.25) is 0 Å². The average molecular weight is 198 g/mol. The van der Waals surface area contributed by atoms with E-state index in [-0.39, 0.29) is 0 Å². The molecule has 76 valence electrons. The van der Waals surface area contributed by atoms with Crippen LogP contribution in [0.15, 0.2) is 0 Å². The van der Waals surface area contributed by atoms with Gasteiger partial charge in [0, 0.05) is 0 Å². The summed E-state index contributed by atoms with van der Waals surface area (Å²) in [6.07, 6.45) is 1.48. The highest BCUT2D eigenvalue weighted by Crippen LogP contribution is 2.37. The van der Waals surface area contributed by atoms with Crippen LogP contribution < -0.4 is 10.6 Å². The molecule has 6 nitrogen and oxygen atoms in total. The van der Waals surface area contributed by atoms with E-state index in [1.807, 2.05) is 0 Å². The first-order chi connectivity index (χ1) is 6.56. The van der Waals surface area contributed by atoms with E-state index < -0.39 is 29.4 Å². The fourth-order valence-corrected chi connectivity index (χ4v) is 2.27. The van der Waals surface area contributed by atoms with Crippen LogP contribution in [0.4, 0.5) is 4.79 Å². The van der Waals surface area contributed by atoms with Crippen LogP contribution in [0.25, 0.3) is 0 Å². The number of hydrogen-bond acceptors (Lipinski definition) is 3. The van der Waals surface area contributed by atoms with Gasteiger partial charge in [0.25, 0.3) is 5.91 Å². The zero-order chi connectivity index (χ0) is 10.3. The Bertz CT molecular complexity index is 327. The Morgan fingerprint density at radius 3 is 2.71 bits per heavy atom. The first-order valence-electron chi connectivity index (χ1n) is 4.43. The normalized spacial score (nSPS) is 35.9. The number of aliphatic carboxylic acids is 1. The number of carboxylic acids is 1. The fraction of sp³-hybridized carbons (Fsp3) is 0.625. The van der Waals surface area contributed by atoms with E-state index >= 15 is 0 Å². The van der Waals surface area contributed by atoms with Gasteiger partial charge in [-0.1, -0.05) is 0 Å². The Morgan fingerprint density at radius 2 is 2.21 bits per heavy atom. The van der Waals surface area contributed by atoms with Crippen molar-refractivity contribution in [2.24, 2.45) is 5.92 Å². The van der Waals surface area contributed by atoms with Gasteiger partial charge >= 0.3 is 12.0 Å². The van der Waals surface area contributed by atoms with Crippen molar-refractivity contribution >= 4 is 17.9 Å². The molecule has 1 aliphatic carbocycles. The molecular weight excluding hydrogens is 188 g/mol. The zero-order valence-corrected chi connectivity index (χ0v) is 7.37. The molecule has 2 rings (SSSR count). The minimum absolute atomic E-state index is 0.404. The lowest BCUT2D eigenvalue weighted by Crippen LogP contribution is -2.52. The second-order valence-corrected chi connectivity index (χ2v) is 3.66. The van der Waals surface area contributed by atoms with Gasteiger partial charge < -0.3 is 10.4 Å². The Kier molecular flexibility index (Phi) is 1.73. The summed E-state index contributed by atoms with van der Waals surface area (Å²) in [7, 11) is 0. The summed E-state index contributed by atoms with van der Waals surface area (Å²) in [5.41, 5.74) is -1.19. The van der Waals surface area contributed by atoms with Gasteiger partial charge in [0.15, 0.2) is 0 Å². The number of carbonyl (C=O) groups excluding carboxylic acids is 2. The molecule has 2 atom stereocenters. The number of carboxylic acid groups (broad SMARTS) is 1. The maximum Gasteiger partial charge on any atom is 0.322 e. The van der Waals surface area contributed by atoms with Crippen molar-refractivity contribution < 1.29 is 19.5 Å². The van der Waals surface area contributed by atoms with Crippen molar-refractivity contribution in [1.82, 2.24) is 10.6 Å². The van der Waals surface area contributed by atoms with Crippen molar-refractivity contribution in [3.8, 4) is 0 Å². The maximum absolute atomic E-state index is 11.5. The van der Waals surface area contributed by atoms with Crippen molar-refractivity contribution in [2.75, 3.05) is 0 Å². The SMILES string of the molecule is O=C1NC(=O)[C@@]2(CCC[C@H]2C(=O)O)N1. The van der Waals surface area contributed by atoms with Crippen molar-refractivity contribution in [3.63, 3.8) is 0 Å². The third kappa shape index (κ3) is 0.997. The molecule has 0 bridgehead atoms. The summed E-state index contributed by atoms with van der Waals surface area (Å²) >= 11 is 0. The highest BCUT2D eigenvalue weighted by atomic mass is 16.4. The molecule has 0 aromatic rings. The molecule has 0 unspecified atom stereocenters. The third-order valence-electron chi connectivity index (χ3n) is 2.93. The van der Waals surface area contributed by atoms with E-state index in [2.05, 4.69) is 10.6 Å². The van der Waals surface area contributed by atoms with Crippen molar-refractivity contribution in [3.05, 3.63) is 0 Å². The molecule has 2 aliphatic rings. The standard InChI is InChI=1S/C8H10N2O4/c11-5(12)4-2-1-3-8(4)6(13)9-7(14)10-8/h4H,1-3H2,(H,11,12)(H2,9,10,13,14)/t4-,8-/m0/s1. The summed E-state index contributed by atoms with van der Waals surface area (Å²) in [4.78, 5) is 33.3. The van der Waals surface area contributed by atoms with Crippen LogP contribution in [0, 0.1) is 5.92 Å². The monoisotopic (exact) mass is 198 g/mol. The predicted octanol–water partition coefficient (Wildman–Crippen LogP) is -0.551. The molecule has 2 fully saturated rings. The zero-order valence-electron chi connectivity index (χ0n) is 7.37. The summed E-state index contributed by atoms with van der Waals surface area (Å²) < 4.78 is 0. The lowest BCUT2D eigenvalue weighted by Gasteiger charge is -2.24. The molecular formula is C8H10N2O4. The molecule has 1 aliphatic heterocycles. The first kappa shape index (κ1) is 8.98. The quantitative estimate of drug-likeness (QED) is 0.492. The predicted molar refractivity (Wildman–Crippen MR) is 44.4 cm³/mol. The lowest BCUT2D eigenvalue weighted by atomic mass is 9.87. The second kappa shape index (κ2) is 2.70. The van der Waals surface area contributed by atoms with Crippen molar-refractivity contribution in [1.29, 1.82) is 0 Å². The van der Waals surface area contributed by atoms with Crippen LogP contribution in [-0.2, 0) is 9.59 Å². The minimum atomic E-state index is -1.19. The van der Waals surface area contributed by atoms with Crippen LogP contribution in [0.3, 0.4) is 0 Å². The lowest BCUT2D eigenvalue weighted by molar-refractivity contribution is -0.146. The number of hydrogen-bond donors (Lipinski definition) is 3. The largest absolute Gasteiger partial charge is 0.481 e. The molecule has 1 spiro atoms. The first-order valence-corrected chi connectivity index (χ1v) is 4.43. The average Bonchev–Trinajstić information content (AvgIpc) is 2.59. The van der Waals surface area contributed by atoms with E-state index in [1.165, 1.54) is 0 Å². The molecule has 3 amide bonds. The maximum atomic E-state index is 11.5. The van der Waals surface area contributed by atoms with E-state index in [1.54, 1.807) is 0 Å². The topological polar surface area (TPSA) is 95.5 Å². The molecule has 0 aromatic carbocycles. The van der Waals surface area contributed by atoms with E-state index in [4.69, 9.17) is 5.11 Å². The summed E-state index contributed by atoms with van der Waals surface area (Å²) in [6, 6.07) is -0.594. The van der Waals surface area contributed by atoms with Gasteiger partial charge in [-0.2, -0.15) is 0 Å². The number of rotatable bonds is 1. The van der Waals surface area contributed by atoms with Gasteiger partial charge in [-0.3, -0.25) is 14.9 Å². The van der Waals surface area contributed by atoms with Crippen LogP contribution in [0.2, 0.25) is 0 Å². The van der Waals surface area contributed by atoms with E-state index in [0.29, 0.717) is 19.3 Å². The molecule has 0 radical (unpaired) electrons. The number of nitrogens with one attached hydrogen (secondary N) is 2. The fourth-order valence-electron chi connectivity index (χ4n) is 2.27. The Labute approximate surface area is 79.7 Å². The highest BCUT2D eigenvalue weighted by molar-refractivity contribution is 6.09. The molecule has 1 saturated carbocycles. The smallest absolute Gasteiger partial charge is 0.322 e. The van der Waals surface area contributed by atoms with E-state index in [9.17, 15) is 14.4 Å². The molecule has 1 heterocycles. The molecule has 1 saturated heterocycles. The molecule has 3 N–H and O–H groups in total. The van der Waals surface area contributed by atoms with Crippen molar-refractivity contribution in [2.45, 2.75) is 24.8 Å². The summed E-state index contributed by atoms with van der Waals surface area (Å²) in [5, 5.41) is 13.4.